The number of hydrogen-bond donors (Lipinski definition) is 1. The fourth-order valence-corrected chi connectivity index (χ4v) is 1.72. The molecule has 0 aliphatic heterocycles. The van der Waals surface area contributed by atoms with Crippen molar-refractivity contribution in [2.75, 3.05) is 6.54 Å². The maximum absolute atomic E-state index is 3.61. The molecule has 17 heavy (non-hydrogen) atoms. The van der Waals surface area contributed by atoms with Crippen LogP contribution in [0, 0.1) is 5.41 Å². The Bertz CT molecular complexity index is 297. The molecule has 1 nitrogen and oxygen atoms in total. The second-order valence-corrected chi connectivity index (χ2v) is 5.98. The molecule has 0 radical (unpaired) electrons. The van der Waals surface area contributed by atoms with Crippen molar-refractivity contribution in [3.8, 4) is 0 Å². The molecule has 96 valence electrons. The summed E-state index contributed by atoms with van der Waals surface area (Å²) in [4.78, 5) is 0. The summed E-state index contributed by atoms with van der Waals surface area (Å²) in [5, 5.41) is 3.61. The molecule has 1 rings (SSSR count). The SMILES string of the molecule is CC(NCCCCc1ccccc1)C(C)(C)C. The Kier molecular flexibility index (Phi) is 5.70. The number of benzene rings is 1. The minimum Gasteiger partial charge on any atom is -0.314 e. The Balaban J connectivity index is 2.09. The summed E-state index contributed by atoms with van der Waals surface area (Å²) in [6.07, 6.45) is 3.73. The molecule has 0 bridgehead atoms. The predicted molar refractivity (Wildman–Crippen MR) is 76.3 cm³/mol. The third-order valence-electron chi connectivity index (χ3n) is 3.48. The Morgan fingerprint density at radius 2 is 1.71 bits per heavy atom. The zero-order valence-corrected chi connectivity index (χ0v) is 11.8. The minimum atomic E-state index is 0.361. The van der Waals surface area contributed by atoms with Crippen LogP contribution in [0.3, 0.4) is 0 Å². The highest BCUT2D eigenvalue weighted by molar-refractivity contribution is 5.14. The lowest BCUT2D eigenvalue weighted by Gasteiger charge is -2.28. The first-order chi connectivity index (χ1) is 8.00. The van der Waals surface area contributed by atoms with Gasteiger partial charge in [0.1, 0.15) is 0 Å². The summed E-state index contributed by atoms with van der Waals surface area (Å²) >= 11 is 0. The van der Waals surface area contributed by atoms with Gasteiger partial charge in [0, 0.05) is 6.04 Å². The van der Waals surface area contributed by atoms with Gasteiger partial charge in [0.05, 0.1) is 0 Å². The van der Waals surface area contributed by atoms with Crippen LogP contribution in [-0.2, 0) is 6.42 Å². The molecule has 1 aromatic rings. The van der Waals surface area contributed by atoms with Gasteiger partial charge in [0.2, 0.25) is 0 Å². The van der Waals surface area contributed by atoms with Crippen LogP contribution in [0.4, 0.5) is 0 Å². The smallest absolute Gasteiger partial charge is 0.00872 e. The van der Waals surface area contributed by atoms with Gasteiger partial charge in [0.25, 0.3) is 0 Å². The Labute approximate surface area is 107 Å². The second-order valence-electron chi connectivity index (χ2n) is 5.98. The van der Waals surface area contributed by atoms with Crippen LogP contribution < -0.4 is 5.32 Å². The van der Waals surface area contributed by atoms with Crippen molar-refractivity contribution in [1.29, 1.82) is 0 Å². The average Bonchev–Trinajstić information content (AvgIpc) is 2.28. The van der Waals surface area contributed by atoms with Gasteiger partial charge in [-0.2, -0.15) is 0 Å². The quantitative estimate of drug-likeness (QED) is 0.731. The van der Waals surface area contributed by atoms with E-state index in [0.717, 1.165) is 6.54 Å². The van der Waals surface area contributed by atoms with Crippen molar-refractivity contribution in [1.82, 2.24) is 5.32 Å². The topological polar surface area (TPSA) is 12.0 Å². The van der Waals surface area contributed by atoms with Crippen molar-refractivity contribution in [3.63, 3.8) is 0 Å². The molecule has 0 aliphatic rings. The molecule has 1 N–H and O–H groups in total. The molecular formula is C16H27N. The minimum absolute atomic E-state index is 0.361. The Morgan fingerprint density at radius 3 is 2.29 bits per heavy atom. The number of unbranched alkanes of at least 4 members (excludes halogenated alkanes) is 1. The third-order valence-corrected chi connectivity index (χ3v) is 3.48. The van der Waals surface area contributed by atoms with Crippen molar-refractivity contribution in [2.24, 2.45) is 5.41 Å². The molecule has 0 saturated carbocycles. The lowest BCUT2D eigenvalue weighted by atomic mass is 9.88. The van der Waals surface area contributed by atoms with Crippen molar-refractivity contribution in [3.05, 3.63) is 35.9 Å². The summed E-state index contributed by atoms with van der Waals surface area (Å²) < 4.78 is 0. The normalized spacial score (nSPS) is 13.6. The van der Waals surface area contributed by atoms with Gasteiger partial charge in [-0.3, -0.25) is 0 Å². The molecule has 0 saturated heterocycles. The molecule has 1 heteroatoms. The molecule has 0 aromatic heterocycles. The van der Waals surface area contributed by atoms with Crippen LogP contribution in [0.15, 0.2) is 30.3 Å². The van der Waals surface area contributed by atoms with Crippen LogP contribution in [0.1, 0.15) is 46.1 Å². The summed E-state index contributed by atoms with van der Waals surface area (Å²) in [7, 11) is 0. The van der Waals surface area contributed by atoms with Gasteiger partial charge >= 0.3 is 0 Å². The maximum Gasteiger partial charge on any atom is 0.00872 e. The van der Waals surface area contributed by atoms with Crippen LogP contribution in [0.2, 0.25) is 0 Å². The molecular weight excluding hydrogens is 206 g/mol. The van der Waals surface area contributed by atoms with E-state index in [1.54, 1.807) is 0 Å². The van der Waals surface area contributed by atoms with E-state index in [4.69, 9.17) is 0 Å². The summed E-state index contributed by atoms with van der Waals surface area (Å²) in [6, 6.07) is 11.3. The van der Waals surface area contributed by atoms with Gasteiger partial charge in [-0.1, -0.05) is 51.1 Å². The molecule has 0 aliphatic carbocycles. The van der Waals surface area contributed by atoms with Crippen molar-refractivity contribution in [2.45, 2.75) is 53.0 Å². The van der Waals surface area contributed by atoms with Crippen molar-refractivity contribution >= 4 is 0 Å². The van der Waals surface area contributed by atoms with Crippen LogP contribution in [0.5, 0.6) is 0 Å². The highest BCUT2D eigenvalue weighted by Crippen LogP contribution is 2.18. The molecule has 0 fully saturated rings. The van der Waals surface area contributed by atoms with Gasteiger partial charge in [-0.25, -0.2) is 0 Å². The van der Waals surface area contributed by atoms with Crippen LogP contribution in [0.25, 0.3) is 0 Å². The number of nitrogens with one attached hydrogen (secondary N) is 1. The molecule has 1 unspecified atom stereocenters. The standard InChI is InChI=1S/C16H27N/c1-14(16(2,3)4)17-13-9-8-12-15-10-6-5-7-11-15/h5-7,10-11,14,17H,8-9,12-13H2,1-4H3. The second kappa shape index (κ2) is 6.80. The molecule has 0 amide bonds. The fourth-order valence-electron chi connectivity index (χ4n) is 1.72. The van der Waals surface area contributed by atoms with Gasteiger partial charge < -0.3 is 5.32 Å². The van der Waals surface area contributed by atoms with Gasteiger partial charge in [0.15, 0.2) is 0 Å². The maximum atomic E-state index is 3.61. The Hall–Kier alpha value is -0.820. The molecule has 0 heterocycles. The highest BCUT2D eigenvalue weighted by atomic mass is 14.9. The fraction of sp³-hybridized carbons (Fsp3) is 0.625. The lowest BCUT2D eigenvalue weighted by Crippen LogP contribution is -2.38. The Morgan fingerprint density at radius 1 is 1.06 bits per heavy atom. The number of hydrogen-bond acceptors (Lipinski definition) is 1. The third kappa shape index (κ3) is 5.88. The number of rotatable bonds is 6. The van der Waals surface area contributed by atoms with E-state index in [9.17, 15) is 0 Å². The highest BCUT2D eigenvalue weighted by Gasteiger charge is 2.18. The zero-order valence-electron chi connectivity index (χ0n) is 11.8. The number of aryl methyl sites for hydroxylation is 1. The first kappa shape index (κ1) is 14.2. The molecule has 0 spiro atoms. The monoisotopic (exact) mass is 233 g/mol. The predicted octanol–water partition coefficient (Wildman–Crippen LogP) is 4.03. The average molecular weight is 233 g/mol. The zero-order chi connectivity index (χ0) is 12.7. The molecule has 1 atom stereocenters. The van der Waals surface area contributed by atoms with E-state index < -0.39 is 0 Å². The van der Waals surface area contributed by atoms with Crippen LogP contribution in [-0.4, -0.2) is 12.6 Å². The summed E-state index contributed by atoms with van der Waals surface area (Å²) in [6.45, 7) is 10.3. The van der Waals surface area contributed by atoms with Crippen molar-refractivity contribution < 1.29 is 0 Å². The van der Waals surface area contributed by atoms with E-state index in [1.165, 1.54) is 24.8 Å². The van der Waals surface area contributed by atoms with E-state index in [0.29, 0.717) is 11.5 Å². The molecule has 1 aromatic carbocycles. The summed E-state index contributed by atoms with van der Waals surface area (Å²) in [5.74, 6) is 0. The largest absolute Gasteiger partial charge is 0.314 e. The summed E-state index contributed by atoms with van der Waals surface area (Å²) in [5.41, 5.74) is 1.82. The van der Waals surface area contributed by atoms with E-state index >= 15 is 0 Å². The van der Waals surface area contributed by atoms with E-state index in [1.807, 2.05) is 0 Å². The van der Waals surface area contributed by atoms with Gasteiger partial charge in [-0.05, 0) is 43.7 Å². The van der Waals surface area contributed by atoms with E-state index in [2.05, 4.69) is 63.3 Å². The van der Waals surface area contributed by atoms with Crippen LogP contribution >= 0.6 is 0 Å². The van der Waals surface area contributed by atoms with Gasteiger partial charge in [-0.15, -0.1) is 0 Å². The van der Waals surface area contributed by atoms with E-state index in [-0.39, 0.29) is 0 Å². The lowest BCUT2D eigenvalue weighted by molar-refractivity contribution is 0.285. The first-order valence-electron chi connectivity index (χ1n) is 6.77. The first-order valence-corrected chi connectivity index (χ1v) is 6.77.